The fraction of sp³-hybridized carbons (Fsp3) is 0. The molecule has 0 N–H and O–H groups in total. The molecule has 13 rings (SSSR count). The van der Waals surface area contributed by atoms with Crippen LogP contribution in [-0.2, 0) is 0 Å². The minimum atomic E-state index is 1.14. The van der Waals surface area contributed by atoms with Crippen LogP contribution in [0, 0.1) is 0 Å². The molecule has 0 spiro atoms. The number of rotatable bonds is 6. The van der Waals surface area contributed by atoms with Crippen LogP contribution in [0.1, 0.15) is 0 Å². The van der Waals surface area contributed by atoms with E-state index in [2.05, 4.69) is 241 Å². The van der Waals surface area contributed by atoms with Crippen LogP contribution in [0.15, 0.2) is 237 Å². The molecular formula is C62H39NS. The van der Waals surface area contributed by atoms with Crippen LogP contribution in [0.5, 0.6) is 0 Å². The molecule has 2 aromatic heterocycles. The molecule has 2 heterocycles. The van der Waals surface area contributed by atoms with Gasteiger partial charge in [-0.1, -0.05) is 206 Å². The second-order valence-corrected chi connectivity index (χ2v) is 17.8. The Morgan fingerprint density at radius 1 is 0.250 bits per heavy atom. The molecule has 0 aliphatic heterocycles. The van der Waals surface area contributed by atoms with Crippen LogP contribution >= 0.6 is 11.3 Å². The van der Waals surface area contributed by atoms with Crippen molar-refractivity contribution in [3.05, 3.63) is 237 Å². The molecule has 11 aromatic carbocycles. The van der Waals surface area contributed by atoms with Gasteiger partial charge < -0.3 is 4.57 Å². The van der Waals surface area contributed by atoms with Crippen molar-refractivity contribution >= 4 is 74.9 Å². The Balaban J connectivity index is 0.999. The van der Waals surface area contributed by atoms with Crippen LogP contribution < -0.4 is 0 Å². The third-order valence-electron chi connectivity index (χ3n) is 13.2. The Bertz CT molecular complexity index is 3930. The molecule has 2 heteroatoms. The predicted molar refractivity (Wildman–Crippen MR) is 276 cm³/mol. The SMILES string of the molecule is c1ccc(-c2c3ccccc3c(-c3ccccc3)c3cc(-c4cccc(-n5c6ccccc6c6ccc(-c7cccc8c7sc7c(-c9ccccc9)cccc78)cc65)c4)ccc23)cc1. The van der Waals surface area contributed by atoms with Crippen molar-refractivity contribution in [2.75, 3.05) is 0 Å². The lowest BCUT2D eigenvalue weighted by atomic mass is 9.85. The van der Waals surface area contributed by atoms with Crippen molar-refractivity contribution in [3.8, 4) is 61.3 Å². The maximum atomic E-state index is 2.47. The molecule has 0 radical (unpaired) electrons. The Morgan fingerprint density at radius 2 is 0.703 bits per heavy atom. The predicted octanol–water partition coefficient (Wildman–Crippen LogP) is 17.8. The van der Waals surface area contributed by atoms with Gasteiger partial charge in [-0.05, 0) is 108 Å². The fourth-order valence-electron chi connectivity index (χ4n) is 10.3. The third-order valence-corrected chi connectivity index (χ3v) is 14.5. The van der Waals surface area contributed by atoms with Crippen molar-refractivity contribution in [1.82, 2.24) is 4.57 Å². The third kappa shape index (κ3) is 5.77. The van der Waals surface area contributed by atoms with Gasteiger partial charge >= 0.3 is 0 Å². The van der Waals surface area contributed by atoms with Crippen LogP contribution in [-0.4, -0.2) is 4.57 Å². The van der Waals surface area contributed by atoms with E-state index in [9.17, 15) is 0 Å². The van der Waals surface area contributed by atoms with Gasteiger partial charge in [-0.2, -0.15) is 0 Å². The minimum Gasteiger partial charge on any atom is -0.309 e. The maximum absolute atomic E-state index is 2.47. The summed E-state index contributed by atoms with van der Waals surface area (Å²) in [5, 5.41) is 10.1. The summed E-state index contributed by atoms with van der Waals surface area (Å²) in [6.45, 7) is 0. The number of nitrogens with zero attached hydrogens (tertiary/aromatic N) is 1. The van der Waals surface area contributed by atoms with Gasteiger partial charge in [0.25, 0.3) is 0 Å². The summed E-state index contributed by atoms with van der Waals surface area (Å²) in [4.78, 5) is 0. The van der Waals surface area contributed by atoms with E-state index < -0.39 is 0 Å². The molecule has 0 aliphatic rings. The van der Waals surface area contributed by atoms with E-state index in [1.807, 2.05) is 11.3 Å². The summed E-state index contributed by atoms with van der Waals surface area (Å²) in [5.74, 6) is 0. The monoisotopic (exact) mass is 829 g/mol. The Labute approximate surface area is 375 Å². The fourth-order valence-corrected chi connectivity index (χ4v) is 11.7. The molecule has 0 aliphatic carbocycles. The smallest absolute Gasteiger partial charge is 0.0547 e. The van der Waals surface area contributed by atoms with E-state index in [1.54, 1.807) is 0 Å². The van der Waals surface area contributed by atoms with Gasteiger partial charge in [-0.3, -0.25) is 0 Å². The van der Waals surface area contributed by atoms with Crippen molar-refractivity contribution in [1.29, 1.82) is 0 Å². The first kappa shape index (κ1) is 36.6. The zero-order valence-electron chi connectivity index (χ0n) is 34.9. The molecular weight excluding hydrogens is 791 g/mol. The van der Waals surface area contributed by atoms with Crippen molar-refractivity contribution < 1.29 is 0 Å². The zero-order chi connectivity index (χ0) is 42.1. The van der Waals surface area contributed by atoms with E-state index >= 15 is 0 Å². The molecule has 0 fully saturated rings. The van der Waals surface area contributed by atoms with E-state index in [-0.39, 0.29) is 0 Å². The molecule has 0 saturated heterocycles. The quantitative estimate of drug-likeness (QED) is 0.147. The number of para-hydroxylation sites is 1. The number of thiophene rings is 1. The Kier molecular flexibility index (Phi) is 8.47. The molecule has 13 aromatic rings. The molecule has 298 valence electrons. The van der Waals surface area contributed by atoms with Gasteiger partial charge in [0, 0.05) is 36.6 Å². The highest BCUT2D eigenvalue weighted by Crippen LogP contribution is 2.47. The van der Waals surface area contributed by atoms with Gasteiger partial charge in [0.05, 0.1) is 11.0 Å². The molecule has 0 saturated carbocycles. The number of hydrogen-bond donors (Lipinski definition) is 0. The van der Waals surface area contributed by atoms with Crippen LogP contribution in [0.2, 0.25) is 0 Å². The lowest BCUT2D eigenvalue weighted by Gasteiger charge is -2.19. The average molecular weight is 830 g/mol. The Morgan fingerprint density at radius 3 is 1.38 bits per heavy atom. The Hall–Kier alpha value is -8.04. The number of fused-ring (bicyclic) bond motifs is 8. The summed E-state index contributed by atoms with van der Waals surface area (Å²) in [6.07, 6.45) is 0. The number of benzene rings is 11. The number of aromatic nitrogens is 1. The standard InChI is InChI=1S/C62H39NS/c1-4-17-40(18-5-1)47-28-15-30-54-55-31-16-29-48(62(55)64-61(47)54)45-34-35-50-49-25-12-13-32-57(49)63(58(50)39-45)46-24-14-23-43(37-46)44-33-36-53-56(38-44)60(42-21-8-3-9-22-42)52-27-11-10-26-51(52)59(53)41-19-6-2-7-20-41/h1-39H. The lowest BCUT2D eigenvalue weighted by molar-refractivity contribution is 1.18. The summed E-state index contributed by atoms with van der Waals surface area (Å²) < 4.78 is 5.12. The zero-order valence-corrected chi connectivity index (χ0v) is 35.7. The molecule has 0 unspecified atom stereocenters. The van der Waals surface area contributed by atoms with Crippen molar-refractivity contribution in [2.45, 2.75) is 0 Å². The van der Waals surface area contributed by atoms with Gasteiger partial charge in [0.2, 0.25) is 0 Å². The van der Waals surface area contributed by atoms with Crippen molar-refractivity contribution in [3.63, 3.8) is 0 Å². The average Bonchev–Trinajstić information content (AvgIpc) is 3.92. The minimum absolute atomic E-state index is 1.14. The topological polar surface area (TPSA) is 4.93 Å². The normalized spacial score (nSPS) is 11.8. The highest BCUT2D eigenvalue weighted by atomic mass is 32.1. The maximum Gasteiger partial charge on any atom is 0.0547 e. The lowest BCUT2D eigenvalue weighted by Crippen LogP contribution is -1.95. The second kappa shape index (κ2) is 14.8. The van der Waals surface area contributed by atoms with Gasteiger partial charge in [0.1, 0.15) is 0 Å². The van der Waals surface area contributed by atoms with Gasteiger partial charge in [-0.15, -0.1) is 11.3 Å². The van der Waals surface area contributed by atoms with Gasteiger partial charge in [0.15, 0.2) is 0 Å². The molecule has 0 bridgehead atoms. The summed E-state index contributed by atoms with van der Waals surface area (Å²) >= 11 is 1.91. The first-order valence-electron chi connectivity index (χ1n) is 22.0. The van der Waals surface area contributed by atoms with E-state index in [0.717, 1.165) is 5.69 Å². The number of hydrogen-bond acceptors (Lipinski definition) is 1. The highest BCUT2D eigenvalue weighted by Gasteiger charge is 2.20. The molecule has 64 heavy (non-hydrogen) atoms. The summed E-state index contributed by atoms with van der Waals surface area (Å²) in [5.41, 5.74) is 15.9. The van der Waals surface area contributed by atoms with Crippen molar-refractivity contribution in [2.24, 2.45) is 0 Å². The van der Waals surface area contributed by atoms with Crippen LogP contribution in [0.4, 0.5) is 0 Å². The molecule has 0 atom stereocenters. The summed E-state index contributed by atoms with van der Waals surface area (Å²) in [6, 6.07) is 87.1. The largest absolute Gasteiger partial charge is 0.309 e. The van der Waals surface area contributed by atoms with E-state index in [4.69, 9.17) is 0 Å². The van der Waals surface area contributed by atoms with E-state index in [0.29, 0.717) is 0 Å². The summed E-state index contributed by atoms with van der Waals surface area (Å²) in [7, 11) is 0. The highest BCUT2D eigenvalue weighted by molar-refractivity contribution is 7.26. The first-order valence-corrected chi connectivity index (χ1v) is 22.8. The molecule has 0 amide bonds. The van der Waals surface area contributed by atoms with Crippen LogP contribution in [0.3, 0.4) is 0 Å². The van der Waals surface area contributed by atoms with Crippen LogP contribution in [0.25, 0.3) is 125 Å². The second-order valence-electron chi connectivity index (χ2n) is 16.8. The first-order chi connectivity index (χ1) is 31.8. The molecule has 1 nitrogen and oxygen atoms in total. The van der Waals surface area contributed by atoms with E-state index in [1.165, 1.54) is 119 Å². The van der Waals surface area contributed by atoms with Gasteiger partial charge in [-0.25, -0.2) is 0 Å².